The lowest BCUT2D eigenvalue weighted by Crippen LogP contribution is -2.37. The van der Waals surface area contributed by atoms with Crippen LogP contribution in [-0.2, 0) is 13.1 Å². The Labute approximate surface area is 134 Å². The Bertz CT molecular complexity index is 422. The lowest BCUT2D eigenvalue weighted by molar-refractivity contribution is 0.273. The van der Waals surface area contributed by atoms with Crippen LogP contribution in [0.4, 0.5) is 0 Å². The highest BCUT2D eigenvalue weighted by Gasteiger charge is 2.18. The smallest absolute Gasteiger partial charge is 0.0234 e. The first-order valence-corrected chi connectivity index (χ1v) is 9.18. The number of nitrogens with zero attached hydrogens (tertiary/aromatic N) is 1. The Kier molecular flexibility index (Phi) is 6.15. The maximum atomic E-state index is 3.54. The Morgan fingerprint density at radius 1 is 1.19 bits per heavy atom. The highest BCUT2D eigenvalue weighted by atomic mass is 32.2. The van der Waals surface area contributed by atoms with Gasteiger partial charge in [-0.05, 0) is 38.3 Å². The summed E-state index contributed by atoms with van der Waals surface area (Å²) in [6.45, 7) is 13.5. The van der Waals surface area contributed by atoms with Crippen molar-refractivity contribution in [1.82, 2.24) is 10.2 Å². The van der Waals surface area contributed by atoms with Crippen LogP contribution in [0.1, 0.15) is 45.2 Å². The number of rotatable bonds is 5. The molecule has 2 nitrogen and oxygen atoms in total. The maximum Gasteiger partial charge on any atom is 0.0234 e. The molecule has 0 amide bonds. The minimum Gasteiger partial charge on any atom is -0.308 e. The van der Waals surface area contributed by atoms with Crippen molar-refractivity contribution in [3.05, 3.63) is 35.4 Å². The van der Waals surface area contributed by atoms with E-state index < -0.39 is 0 Å². The van der Waals surface area contributed by atoms with Gasteiger partial charge in [0, 0.05) is 42.7 Å². The first-order chi connectivity index (χ1) is 9.96. The molecule has 1 aliphatic rings. The SMILES string of the molecule is CCC1CN(Cc2ccc(CNC(C)(C)C)cc2)CCS1. The molecule has 3 heteroatoms. The highest BCUT2D eigenvalue weighted by Crippen LogP contribution is 2.22. The van der Waals surface area contributed by atoms with E-state index in [0.717, 1.165) is 18.3 Å². The summed E-state index contributed by atoms with van der Waals surface area (Å²) in [6, 6.07) is 9.12. The van der Waals surface area contributed by atoms with Crippen molar-refractivity contribution in [1.29, 1.82) is 0 Å². The molecule has 1 aromatic rings. The van der Waals surface area contributed by atoms with Crippen LogP contribution in [0.25, 0.3) is 0 Å². The third-order valence-electron chi connectivity index (χ3n) is 3.93. The van der Waals surface area contributed by atoms with Crippen molar-refractivity contribution in [2.75, 3.05) is 18.8 Å². The fourth-order valence-electron chi connectivity index (χ4n) is 2.56. The monoisotopic (exact) mass is 306 g/mol. The van der Waals surface area contributed by atoms with Crippen molar-refractivity contribution in [2.24, 2.45) is 0 Å². The molecule has 0 aliphatic carbocycles. The predicted molar refractivity (Wildman–Crippen MR) is 94.8 cm³/mol. The Balaban J connectivity index is 1.84. The third-order valence-corrected chi connectivity index (χ3v) is 5.30. The quantitative estimate of drug-likeness (QED) is 0.888. The van der Waals surface area contributed by atoms with Gasteiger partial charge in [-0.1, -0.05) is 31.2 Å². The maximum absolute atomic E-state index is 3.54. The molecule has 0 radical (unpaired) electrons. The molecule has 2 rings (SSSR count). The van der Waals surface area contributed by atoms with E-state index in [1.165, 1.54) is 36.4 Å². The standard InChI is InChI=1S/C18H30N2S/c1-5-17-14-20(10-11-21-17)13-16-8-6-15(7-9-16)12-19-18(2,3)4/h6-9,17,19H,5,10-14H2,1-4H3. The van der Waals surface area contributed by atoms with Crippen LogP contribution in [0.15, 0.2) is 24.3 Å². The van der Waals surface area contributed by atoms with Crippen molar-refractivity contribution >= 4 is 11.8 Å². The van der Waals surface area contributed by atoms with Gasteiger partial charge in [-0.2, -0.15) is 11.8 Å². The zero-order valence-electron chi connectivity index (χ0n) is 14.0. The van der Waals surface area contributed by atoms with Gasteiger partial charge in [0.15, 0.2) is 0 Å². The van der Waals surface area contributed by atoms with E-state index in [-0.39, 0.29) is 5.54 Å². The van der Waals surface area contributed by atoms with Crippen LogP contribution in [0.3, 0.4) is 0 Å². The van der Waals surface area contributed by atoms with Gasteiger partial charge in [0.05, 0.1) is 0 Å². The van der Waals surface area contributed by atoms with E-state index in [1.807, 2.05) is 0 Å². The topological polar surface area (TPSA) is 15.3 Å². The Hall–Kier alpha value is -0.510. The second-order valence-corrected chi connectivity index (χ2v) is 8.46. The minimum absolute atomic E-state index is 0.180. The molecule has 1 atom stereocenters. The molecule has 0 spiro atoms. The number of benzene rings is 1. The molecular weight excluding hydrogens is 276 g/mol. The van der Waals surface area contributed by atoms with Crippen LogP contribution >= 0.6 is 11.8 Å². The van der Waals surface area contributed by atoms with Crippen molar-refractivity contribution in [3.63, 3.8) is 0 Å². The van der Waals surface area contributed by atoms with E-state index in [1.54, 1.807) is 0 Å². The highest BCUT2D eigenvalue weighted by molar-refractivity contribution is 8.00. The molecular formula is C18H30N2S. The number of thioether (sulfide) groups is 1. The molecule has 1 aromatic carbocycles. The fraction of sp³-hybridized carbons (Fsp3) is 0.667. The molecule has 1 heterocycles. The molecule has 0 saturated carbocycles. The summed E-state index contributed by atoms with van der Waals surface area (Å²) >= 11 is 2.14. The van der Waals surface area contributed by atoms with Crippen molar-refractivity contribution in [3.8, 4) is 0 Å². The average Bonchev–Trinajstić information content (AvgIpc) is 2.46. The van der Waals surface area contributed by atoms with Crippen LogP contribution in [0.5, 0.6) is 0 Å². The first-order valence-electron chi connectivity index (χ1n) is 8.13. The van der Waals surface area contributed by atoms with Gasteiger partial charge in [-0.3, -0.25) is 4.90 Å². The third kappa shape index (κ3) is 6.01. The molecule has 1 aliphatic heterocycles. The summed E-state index contributed by atoms with van der Waals surface area (Å²) in [6.07, 6.45) is 1.29. The average molecular weight is 307 g/mol. The van der Waals surface area contributed by atoms with E-state index in [9.17, 15) is 0 Å². The molecule has 118 valence electrons. The van der Waals surface area contributed by atoms with Gasteiger partial charge < -0.3 is 5.32 Å². The molecule has 1 fully saturated rings. The lowest BCUT2D eigenvalue weighted by Gasteiger charge is -2.31. The van der Waals surface area contributed by atoms with Crippen molar-refractivity contribution in [2.45, 2.75) is 58.0 Å². The van der Waals surface area contributed by atoms with E-state index >= 15 is 0 Å². The zero-order valence-corrected chi connectivity index (χ0v) is 14.8. The molecule has 1 N–H and O–H groups in total. The van der Waals surface area contributed by atoms with Crippen LogP contribution in [0, 0.1) is 0 Å². The Morgan fingerprint density at radius 3 is 2.48 bits per heavy atom. The summed E-state index contributed by atoms with van der Waals surface area (Å²) in [4.78, 5) is 2.60. The first kappa shape index (κ1) is 16.9. The fourth-order valence-corrected chi connectivity index (χ4v) is 3.81. The van der Waals surface area contributed by atoms with E-state index in [4.69, 9.17) is 0 Å². The number of nitrogens with one attached hydrogen (secondary N) is 1. The molecule has 1 unspecified atom stereocenters. The van der Waals surface area contributed by atoms with Gasteiger partial charge in [0.25, 0.3) is 0 Å². The summed E-state index contributed by atoms with van der Waals surface area (Å²) in [7, 11) is 0. The van der Waals surface area contributed by atoms with E-state index in [2.05, 4.69) is 73.9 Å². The van der Waals surface area contributed by atoms with Gasteiger partial charge in [0.2, 0.25) is 0 Å². The summed E-state index contributed by atoms with van der Waals surface area (Å²) in [5, 5.41) is 4.37. The summed E-state index contributed by atoms with van der Waals surface area (Å²) < 4.78 is 0. The van der Waals surface area contributed by atoms with Crippen molar-refractivity contribution < 1.29 is 0 Å². The van der Waals surface area contributed by atoms with Crippen LogP contribution in [0.2, 0.25) is 0 Å². The minimum atomic E-state index is 0.180. The molecule has 0 aromatic heterocycles. The normalized spacial score (nSPS) is 20.7. The summed E-state index contributed by atoms with van der Waals surface area (Å²) in [5.41, 5.74) is 2.99. The second kappa shape index (κ2) is 7.66. The largest absolute Gasteiger partial charge is 0.308 e. The van der Waals surface area contributed by atoms with Gasteiger partial charge in [-0.15, -0.1) is 0 Å². The van der Waals surface area contributed by atoms with Gasteiger partial charge in [0.1, 0.15) is 0 Å². The van der Waals surface area contributed by atoms with Crippen LogP contribution < -0.4 is 5.32 Å². The zero-order chi connectivity index (χ0) is 15.3. The molecule has 0 bridgehead atoms. The molecule has 21 heavy (non-hydrogen) atoms. The molecule has 1 saturated heterocycles. The van der Waals surface area contributed by atoms with E-state index in [0.29, 0.717) is 0 Å². The number of hydrogen-bond acceptors (Lipinski definition) is 3. The number of hydrogen-bond donors (Lipinski definition) is 1. The lowest BCUT2D eigenvalue weighted by atomic mass is 10.1. The van der Waals surface area contributed by atoms with Gasteiger partial charge >= 0.3 is 0 Å². The summed E-state index contributed by atoms with van der Waals surface area (Å²) in [5.74, 6) is 1.28. The van der Waals surface area contributed by atoms with Gasteiger partial charge in [-0.25, -0.2) is 0 Å². The Morgan fingerprint density at radius 2 is 1.86 bits per heavy atom. The second-order valence-electron chi connectivity index (χ2n) is 7.06. The van der Waals surface area contributed by atoms with Crippen LogP contribution in [-0.4, -0.2) is 34.5 Å². The predicted octanol–water partition coefficient (Wildman–Crippen LogP) is 3.90.